The van der Waals surface area contributed by atoms with E-state index >= 15 is 0 Å². The second-order valence-electron chi connectivity index (χ2n) is 0.524. The van der Waals surface area contributed by atoms with Gasteiger partial charge in [0.2, 0.25) is 7.49 Å². The Morgan fingerprint density at radius 1 is 2.43 bits per heavy atom. The molecule has 4 nitrogen and oxygen atoms in total. The maximum absolute atomic E-state index is 8.69. The molecule has 7 heavy (non-hydrogen) atoms. The van der Waals surface area contributed by atoms with E-state index in [4.69, 9.17) is 7.62 Å². The molecule has 0 bridgehead atoms. The van der Waals surface area contributed by atoms with Gasteiger partial charge in [-0.05, 0) is 6.92 Å². The van der Waals surface area contributed by atoms with Gasteiger partial charge in [-0.1, -0.05) is 0 Å². The molecule has 0 aromatic heterocycles. The Labute approximate surface area is 44.7 Å². The minimum absolute atomic E-state index is 0.545. The molecule has 0 aliphatic carbocycles. The lowest BCUT2D eigenvalue weighted by Crippen LogP contribution is -1.94. The van der Waals surface area contributed by atoms with E-state index in [0.29, 0.717) is 6.61 Å². The zero-order valence-electron chi connectivity index (χ0n) is 5.97. The molecule has 4 heteroatoms. The lowest BCUT2D eigenvalue weighted by Gasteiger charge is -1.76. The standard InChI is InChI=1S/C2H7NO.CHNO/c1-2-4-3;2-1-3/h2-3H2,1H3;2H/i3D;/hD. The van der Waals surface area contributed by atoms with Gasteiger partial charge in [-0.2, -0.15) is 0 Å². The van der Waals surface area contributed by atoms with E-state index < -0.39 is 0 Å². The van der Waals surface area contributed by atoms with Crippen molar-refractivity contribution in [3.05, 3.63) is 0 Å². The van der Waals surface area contributed by atoms with E-state index in [1.54, 1.807) is 5.89 Å². The summed E-state index contributed by atoms with van der Waals surface area (Å²) in [5, 5.41) is 2.18. The molecule has 0 radical (unpaired) electrons. The molecule has 0 fully saturated rings. The fourth-order valence-corrected chi connectivity index (χ4v) is 0. The fourth-order valence-electron chi connectivity index (χ4n) is 0. The van der Waals surface area contributed by atoms with Crippen LogP contribution in [0.25, 0.3) is 0 Å². The van der Waals surface area contributed by atoms with Gasteiger partial charge in [-0.3, -0.25) is 0 Å². The van der Waals surface area contributed by atoms with Crippen molar-refractivity contribution in [2.75, 3.05) is 6.61 Å². The van der Waals surface area contributed by atoms with Crippen LogP contribution in [-0.2, 0) is 9.63 Å². The monoisotopic (exact) mass is 106 g/mol. The molecule has 0 spiro atoms. The van der Waals surface area contributed by atoms with Gasteiger partial charge in [-0.15, -0.1) is 0 Å². The summed E-state index contributed by atoms with van der Waals surface area (Å²) in [6, 6.07) is 0. The number of isocyanates is 1. The van der Waals surface area contributed by atoms with Gasteiger partial charge in [0.25, 0.3) is 0 Å². The lowest BCUT2D eigenvalue weighted by atomic mass is 10.9. The van der Waals surface area contributed by atoms with Gasteiger partial charge in [0.15, 0.2) is 1.41 Å². The van der Waals surface area contributed by atoms with Crippen LogP contribution >= 0.6 is 0 Å². The van der Waals surface area contributed by atoms with Crippen LogP contribution in [0.2, 0.25) is 2.82 Å². The van der Waals surface area contributed by atoms with Crippen LogP contribution in [0, 0.1) is 5.40 Å². The largest absolute Gasteiger partial charge is 0.305 e. The molecule has 0 aromatic rings. The van der Waals surface area contributed by atoms with E-state index in [-0.39, 0.29) is 0 Å². The number of hydrogen-bond acceptors (Lipinski definition) is 4. The van der Waals surface area contributed by atoms with Crippen molar-refractivity contribution in [2.24, 2.45) is 5.89 Å². The molecule has 0 rings (SSSR count). The highest BCUT2D eigenvalue weighted by atomic mass is 16.6. The van der Waals surface area contributed by atoms with Gasteiger partial charge in [-0.25, -0.2) is 16.1 Å². The Hall–Kier alpha value is -0.700. The van der Waals surface area contributed by atoms with E-state index in [0.717, 1.165) is 6.08 Å². The number of rotatable bonds is 2. The van der Waals surface area contributed by atoms with Crippen LogP contribution in [0.3, 0.4) is 0 Å². The summed E-state index contributed by atoms with van der Waals surface area (Å²) in [6.45, 7) is 2.35. The first-order valence-corrected chi connectivity index (χ1v) is 1.63. The van der Waals surface area contributed by atoms with Crippen molar-refractivity contribution < 1.29 is 12.5 Å². The first kappa shape index (κ1) is 4.46. The summed E-state index contributed by atoms with van der Waals surface area (Å²) < 4.78 is 11.8. The van der Waals surface area contributed by atoms with Gasteiger partial charge >= 0.3 is 0 Å². The van der Waals surface area contributed by atoms with Crippen LogP contribution in [0.15, 0.2) is 0 Å². The SMILES string of the molecule is [2H]N=C=O.[2H]NOCC. The van der Waals surface area contributed by atoms with E-state index in [1.807, 2.05) is 6.92 Å². The fraction of sp³-hybridized carbons (Fsp3) is 0.667. The van der Waals surface area contributed by atoms with Crippen LogP contribution in [0.5, 0.6) is 0 Å². The lowest BCUT2D eigenvalue weighted by molar-refractivity contribution is 0.152. The summed E-state index contributed by atoms with van der Waals surface area (Å²) in [6.07, 6.45) is 0.972. The first-order valence-electron chi connectivity index (χ1n) is 2.57. The Kier molecular flexibility index (Phi) is 11.8. The summed E-state index contributed by atoms with van der Waals surface area (Å²) in [5.74, 6) is 1.77. The minimum Gasteiger partial charge on any atom is -0.305 e. The van der Waals surface area contributed by atoms with Gasteiger partial charge < -0.3 is 4.84 Å². The van der Waals surface area contributed by atoms with Crippen LogP contribution in [-0.4, -0.2) is 12.7 Å². The maximum atomic E-state index is 8.69. The summed E-state index contributed by atoms with van der Waals surface area (Å²) in [7, 11) is 0. The molecular formula is C3H8N2O2. The van der Waals surface area contributed by atoms with Gasteiger partial charge in [0.05, 0.1) is 6.61 Å². The molecule has 0 atom stereocenters. The predicted molar refractivity (Wildman–Crippen MR) is 24.2 cm³/mol. The Bertz CT molecular complexity index is 81.9. The Morgan fingerprint density at radius 3 is 3.00 bits per heavy atom. The van der Waals surface area contributed by atoms with Crippen molar-refractivity contribution in [3.8, 4) is 0 Å². The van der Waals surface area contributed by atoms with E-state index in [9.17, 15) is 0 Å². The van der Waals surface area contributed by atoms with Crippen LogP contribution in [0.4, 0.5) is 0 Å². The topological polar surface area (TPSA) is 76.2 Å². The quantitative estimate of drug-likeness (QED) is 0.290. The number of nitrogens with one attached hydrogen (secondary N) is 1. The van der Waals surface area contributed by atoms with Crippen molar-refractivity contribution in [2.45, 2.75) is 6.92 Å². The van der Waals surface area contributed by atoms with Crippen LogP contribution in [0.1, 0.15) is 6.92 Å². The molecule has 3 N–H and O–H groups in total. The number of nitrogens with two attached hydrogens (primary N) is 1. The third kappa shape index (κ3) is 641. The van der Waals surface area contributed by atoms with E-state index in [1.165, 1.54) is 0 Å². The molecular weight excluding hydrogens is 96.0 g/mol. The Balaban J connectivity index is 0. The van der Waals surface area contributed by atoms with Crippen molar-refractivity contribution >= 4 is 6.08 Å². The third-order valence-corrected chi connectivity index (χ3v) is 0.144. The second kappa shape index (κ2) is 18.5. The predicted octanol–water partition coefficient (Wildman–Crippen LogP) is -0.202. The summed E-state index contributed by atoms with van der Waals surface area (Å²) in [4.78, 5) is 12.9. The summed E-state index contributed by atoms with van der Waals surface area (Å²) >= 11 is 0. The highest BCUT2D eigenvalue weighted by Gasteiger charge is 1.52. The minimum atomic E-state index is 0.545. The molecule has 42 valence electrons. The van der Waals surface area contributed by atoms with Crippen LogP contribution < -0.4 is 5.89 Å². The number of hydrogen-bond donors (Lipinski definition) is 2. The average molecular weight is 106 g/mol. The highest BCUT2D eigenvalue weighted by Crippen LogP contribution is 1.46. The van der Waals surface area contributed by atoms with E-state index in [2.05, 4.69) is 10.2 Å². The normalized spacial score (nSPS) is 8.71. The van der Waals surface area contributed by atoms with Crippen molar-refractivity contribution in [3.63, 3.8) is 0 Å². The second-order valence-corrected chi connectivity index (χ2v) is 0.524. The van der Waals surface area contributed by atoms with Gasteiger partial charge in [0.1, 0.15) is 0 Å². The molecule has 0 aliphatic heterocycles. The molecule has 0 heterocycles. The zero-order valence-corrected chi connectivity index (χ0v) is 3.97. The molecule has 0 aliphatic rings. The number of carbonyl (C=O) groups excluding carboxylic acids is 1. The smallest absolute Gasteiger partial charge is 0.231 e. The maximum Gasteiger partial charge on any atom is 0.231 e. The van der Waals surface area contributed by atoms with Gasteiger partial charge in [0, 0.05) is 0 Å². The third-order valence-electron chi connectivity index (χ3n) is 0.144. The van der Waals surface area contributed by atoms with Crippen molar-refractivity contribution in [1.82, 2.24) is 0 Å². The highest BCUT2D eigenvalue weighted by molar-refractivity contribution is 5.26. The molecule has 0 amide bonds. The molecule has 0 saturated carbocycles. The molecule has 0 aromatic carbocycles. The molecule has 0 saturated heterocycles. The van der Waals surface area contributed by atoms with Crippen molar-refractivity contribution in [1.29, 1.82) is 5.40 Å². The zero-order chi connectivity index (χ0) is 7.54. The summed E-state index contributed by atoms with van der Waals surface area (Å²) in [5.41, 5.74) is 0. The molecule has 0 unspecified atom stereocenters. The first-order chi connectivity index (χ1) is 4.33. The average Bonchev–Trinajstić information content (AvgIpc) is 1.91. The Morgan fingerprint density at radius 2 is 3.00 bits per heavy atom.